The third-order valence-electron chi connectivity index (χ3n) is 3.51. The van der Waals surface area contributed by atoms with Crippen molar-refractivity contribution in [2.45, 2.75) is 20.3 Å². The van der Waals surface area contributed by atoms with E-state index in [-0.39, 0.29) is 5.91 Å². The van der Waals surface area contributed by atoms with Gasteiger partial charge < -0.3 is 4.74 Å². The van der Waals surface area contributed by atoms with Crippen LogP contribution in [0.3, 0.4) is 0 Å². The van der Waals surface area contributed by atoms with Gasteiger partial charge in [0, 0.05) is 0 Å². The molecule has 0 aliphatic heterocycles. The molecule has 2 aromatic rings. The fraction of sp³-hybridized carbons (Fsp3) is 0.222. The molecule has 120 valence electrons. The quantitative estimate of drug-likeness (QED) is 0.639. The van der Waals surface area contributed by atoms with Crippen molar-refractivity contribution in [3.05, 3.63) is 63.1 Å². The van der Waals surface area contributed by atoms with Gasteiger partial charge >= 0.3 is 0 Å². The highest BCUT2D eigenvalue weighted by atomic mass is 79.9. The zero-order chi connectivity index (χ0) is 16.8. The number of hydrogen-bond acceptors (Lipinski definition) is 3. The van der Waals surface area contributed by atoms with Crippen molar-refractivity contribution in [1.29, 1.82) is 0 Å². The van der Waals surface area contributed by atoms with Crippen LogP contribution < -0.4 is 10.2 Å². The highest BCUT2D eigenvalue weighted by molar-refractivity contribution is 9.10. The van der Waals surface area contributed by atoms with E-state index in [0.29, 0.717) is 6.42 Å². The van der Waals surface area contributed by atoms with Crippen LogP contribution in [0.4, 0.5) is 0 Å². The van der Waals surface area contributed by atoms with Crippen molar-refractivity contribution in [2.24, 2.45) is 5.10 Å². The lowest BCUT2D eigenvalue weighted by atomic mass is 10.0. The van der Waals surface area contributed by atoms with Crippen LogP contribution in [0.2, 0.25) is 0 Å². The Labute approximate surface area is 144 Å². The first kappa shape index (κ1) is 17.2. The number of nitrogens with one attached hydrogen (secondary N) is 1. The lowest BCUT2D eigenvalue weighted by Gasteiger charge is -2.05. The number of rotatable bonds is 5. The van der Waals surface area contributed by atoms with E-state index in [9.17, 15) is 4.79 Å². The smallest absolute Gasteiger partial charge is 0.244 e. The van der Waals surface area contributed by atoms with E-state index in [0.717, 1.165) is 21.3 Å². The van der Waals surface area contributed by atoms with Crippen LogP contribution in [0.5, 0.6) is 5.75 Å². The minimum atomic E-state index is -0.142. The number of aryl methyl sites for hydroxylation is 2. The first-order valence-corrected chi connectivity index (χ1v) is 8.00. The number of halogens is 1. The number of amides is 1. The molecule has 1 N–H and O–H groups in total. The Morgan fingerprint density at radius 2 is 2.00 bits per heavy atom. The van der Waals surface area contributed by atoms with E-state index in [1.807, 2.05) is 43.3 Å². The van der Waals surface area contributed by atoms with Crippen LogP contribution in [0.25, 0.3) is 0 Å². The van der Waals surface area contributed by atoms with E-state index >= 15 is 0 Å². The van der Waals surface area contributed by atoms with Crippen LogP contribution in [0.15, 0.2) is 46.0 Å². The summed E-state index contributed by atoms with van der Waals surface area (Å²) in [4.78, 5) is 11.9. The van der Waals surface area contributed by atoms with Crippen molar-refractivity contribution < 1.29 is 9.53 Å². The summed E-state index contributed by atoms with van der Waals surface area (Å²) in [5, 5.41) is 3.99. The molecule has 1 amide bonds. The second kappa shape index (κ2) is 7.92. The largest absolute Gasteiger partial charge is 0.496 e. The number of benzene rings is 2. The topological polar surface area (TPSA) is 50.7 Å². The number of hydrogen-bond donors (Lipinski definition) is 1. The molecule has 0 fully saturated rings. The number of nitrogens with zero attached hydrogens (tertiary/aromatic N) is 1. The van der Waals surface area contributed by atoms with E-state index in [4.69, 9.17) is 4.74 Å². The van der Waals surface area contributed by atoms with Crippen LogP contribution in [0, 0.1) is 13.8 Å². The van der Waals surface area contributed by atoms with Crippen LogP contribution in [-0.4, -0.2) is 19.2 Å². The molecule has 23 heavy (non-hydrogen) atoms. The van der Waals surface area contributed by atoms with E-state index in [1.54, 1.807) is 13.3 Å². The van der Waals surface area contributed by atoms with Gasteiger partial charge in [0.25, 0.3) is 0 Å². The second-order valence-corrected chi connectivity index (χ2v) is 6.14. The molecule has 0 bridgehead atoms. The molecule has 5 heteroatoms. The average molecular weight is 375 g/mol. The third-order valence-corrected chi connectivity index (χ3v) is 4.13. The van der Waals surface area contributed by atoms with Gasteiger partial charge in [-0.1, -0.05) is 18.2 Å². The third kappa shape index (κ3) is 4.93. The molecule has 4 nitrogen and oxygen atoms in total. The predicted octanol–water partition coefficient (Wildman–Crippen LogP) is 3.77. The summed E-state index contributed by atoms with van der Waals surface area (Å²) in [6.07, 6.45) is 1.91. The summed E-state index contributed by atoms with van der Waals surface area (Å²) >= 11 is 3.41. The number of methoxy groups -OCH3 is 1. The van der Waals surface area contributed by atoms with Crippen molar-refractivity contribution in [2.75, 3.05) is 7.11 Å². The fourth-order valence-corrected chi connectivity index (χ4v) is 2.64. The van der Waals surface area contributed by atoms with Gasteiger partial charge in [-0.25, -0.2) is 5.43 Å². The Kier molecular flexibility index (Phi) is 5.93. The molecule has 0 unspecified atom stereocenters. The Hall–Kier alpha value is -2.14. The Bertz CT molecular complexity index is 742. The Morgan fingerprint density at radius 1 is 1.22 bits per heavy atom. The van der Waals surface area contributed by atoms with Gasteiger partial charge in [0.2, 0.25) is 5.91 Å². The number of ether oxygens (including phenoxy) is 1. The maximum absolute atomic E-state index is 11.9. The van der Waals surface area contributed by atoms with Gasteiger partial charge in [-0.05, 0) is 70.2 Å². The molecule has 0 aliphatic rings. The molecular formula is C18H19BrN2O2. The molecule has 0 aromatic heterocycles. The highest BCUT2D eigenvalue weighted by Crippen LogP contribution is 2.24. The van der Waals surface area contributed by atoms with Crippen molar-refractivity contribution in [3.63, 3.8) is 0 Å². The highest BCUT2D eigenvalue weighted by Gasteiger charge is 2.04. The van der Waals surface area contributed by atoms with Gasteiger partial charge in [-0.3, -0.25) is 4.79 Å². The first-order valence-electron chi connectivity index (χ1n) is 7.21. The Balaban J connectivity index is 1.93. The minimum Gasteiger partial charge on any atom is -0.496 e. The SMILES string of the molecule is COc1ccc(C=NNC(=O)Cc2ccc(C)c(C)c2)cc1Br. The average Bonchev–Trinajstić information content (AvgIpc) is 2.51. The van der Waals surface area contributed by atoms with Gasteiger partial charge in [0.15, 0.2) is 0 Å². The molecule has 2 rings (SSSR count). The minimum absolute atomic E-state index is 0.142. The normalized spacial score (nSPS) is 10.8. The van der Waals surface area contributed by atoms with E-state index in [1.165, 1.54) is 11.1 Å². The molecular weight excluding hydrogens is 356 g/mol. The monoisotopic (exact) mass is 374 g/mol. The molecule has 0 atom stereocenters. The van der Waals surface area contributed by atoms with Crippen molar-refractivity contribution in [3.8, 4) is 5.75 Å². The van der Waals surface area contributed by atoms with Crippen molar-refractivity contribution >= 4 is 28.1 Å². The molecule has 2 aromatic carbocycles. The second-order valence-electron chi connectivity index (χ2n) is 5.28. The Morgan fingerprint density at radius 3 is 2.65 bits per heavy atom. The lowest BCUT2D eigenvalue weighted by molar-refractivity contribution is -0.120. The molecule has 0 spiro atoms. The lowest BCUT2D eigenvalue weighted by Crippen LogP contribution is -2.19. The maximum Gasteiger partial charge on any atom is 0.244 e. The predicted molar refractivity (Wildman–Crippen MR) is 96.1 cm³/mol. The van der Waals surface area contributed by atoms with E-state index < -0.39 is 0 Å². The zero-order valence-electron chi connectivity index (χ0n) is 13.4. The standard InChI is InChI=1S/C18H19BrN2O2/c1-12-4-5-14(8-13(12)2)10-18(22)21-20-11-15-6-7-17(23-3)16(19)9-15/h4-9,11H,10H2,1-3H3,(H,21,22). The van der Waals surface area contributed by atoms with E-state index in [2.05, 4.69) is 33.4 Å². The molecule has 0 radical (unpaired) electrons. The molecule has 0 aliphatic carbocycles. The van der Waals surface area contributed by atoms with Gasteiger partial charge in [0.1, 0.15) is 5.75 Å². The van der Waals surface area contributed by atoms with Crippen LogP contribution in [0.1, 0.15) is 22.3 Å². The summed E-state index contributed by atoms with van der Waals surface area (Å²) in [6.45, 7) is 4.09. The fourth-order valence-electron chi connectivity index (χ4n) is 2.08. The maximum atomic E-state index is 11.9. The summed E-state index contributed by atoms with van der Waals surface area (Å²) in [5.41, 5.74) is 6.79. The molecule has 0 heterocycles. The van der Waals surface area contributed by atoms with Crippen LogP contribution >= 0.6 is 15.9 Å². The van der Waals surface area contributed by atoms with Gasteiger partial charge in [-0.15, -0.1) is 0 Å². The van der Waals surface area contributed by atoms with Crippen LogP contribution in [-0.2, 0) is 11.2 Å². The summed E-state index contributed by atoms with van der Waals surface area (Å²) in [6, 6.07) is 11.6. The summed E-state index contributed by atoms with van der Waals surface area (Å²) < 4.78 is 6.00. The van der Waals surface area contributed by atoms with Gasteiger partial charge in [0.05, 0.1) is 24.2 Å². The number of hydrazone groups is 1. The number of carbonyl (C=O) groups is 1. The van der Waals surface area contributed by atoms with Crippen molar-refractivity contribution in [1.82, 2.24) is 5.43 Å². The zero-order valence-corrected chi connectivity index (χ0v) is 15.0. The van der Waals surface area contributed by atoms with Gasteiger partial charge in [-0.2, -0.15) is 5.10 Å². The number of carbonyl (C=O) groups excluding carboxylic acids is 1. The first-order chi connectivity index (χ1) is 11.0. The summed E-state index contributed by atoms with van der Waals surface area (Å²) in [7, 11) is 1.61. The summed E-state index contributed by atoms with van der Waals surface area (Å²) in [5.74, 6) is 0.609. The molecule has 0 saturated carbocycles. The molecule has 0 saturated heterocycles.